The first kappa shape index (κ1) is 18.5. The maximum absolute atomic E-state index is 12.3. The normalized spacial score (nSPS) is 31.8. The van der Waals surface area contributed by atoms with Crippen LogP contribution in [0.4, 0.5) is 5.69 Å². The number of fused-ring (bicyclic) bond motifs is 4. The lowest BCUT2D eigenvalue weighted by Crippen LogP contribution is -2.37. The number of rotatable bonds is 3. The Bertz CT molecular complexity index is 670. The lowest BCUT2D eigenvalue weighted by molar-refractivity contribution is 0.101. The van der Waals surface area contributed by atoms with Crippen molar-refractivity contribution in [3.05, 3.63) is 27.8 Å². The van der Waals surface area contributed by atoms with Gasteiger partial charge in [0, 0.05) is 26.6 Å². The smallest absolute Gasteiger partial charge is 0.161 e. The van der Waals surface area contributed by atoms with Crippen LogP contribution in [0, 0.1) is 5.92 Å². The molecular weight excluding hydrogens is 433 g/mol. The number of halogens is 2. The van der Waals surface area contributed by atoms with Crippen LogP contribution >= 0.6 is 34.2 Å². The van der Waals surface area contributed by atoms with E-state index < -0.39 is 0 Å². The zero-order valence-electron chi connectivity index (χ0n) is 15.0. The fourth-order valence-electron chi connectivity index (χ4n) is 4.49. The van der Waals surface area contributed by atoms with Gasteiger partial charge in [0.25, 0.3) is 0 Å². The molecule has 24 heavy (non-hydrogen) atoms. The summed E-state index contributed by atoms with van der Waals surface area (Å²) in [6.45, 7) is 8.51. The average Bonchev–Trinajstić information content (AvgIpc) is 2.58. The van der Waals surface area contributed by atoms with Crippen LogP contribution in [-0.2, 0) is 6.42 Å². The lowest BCUT2D eigenvalue weighted by atomic mass is 9.75. The number of Topliss-reactive ketones (excluding diaryl/α,β-unsaturated/α-hetero) is 1. The Hall–Kier alpha value is -0.290. The van der Waals surface area contributed by atoms with Gasteiger partial charge in [0.15, 0.2) is 5.78 Å². The Labute approximate surface area is 164 Å². The first-order valence-electron chi connectivity index (χ1n) is 9.09. The summed E-state index contributed by atoms with van der Waals surface area (Å²) in [5.74, 6) is 1.12. The van der Waals surface area contributed by atoms with Crippen molar-refractivity contribution in [3.8, 4) is 0 Å². The molecule has 4 atom stereocenters. The summed E-state index contributed by atoms with van der Waals surface area (Å²) in [6.07, 6.45) is 5.48. The first-order valence-corrected chi connectivity index (χ1v) is 10.5. The van der Waals surface area contributed by atoms with Crippen molar-refractivity contribution in [3.63, 3.8) is 0 Å². The van der Waals surface area contributed by atoms with Crippen LogP contribution in [-0.4, -0.2) is 15.2 Å². The number of aryl methyl sites for hydroxylation is 1. The van der Waals surface area contributed by atoms with E-state index >= 15 is 0 Å². The second-order valence-corrected chi connectivity index (χ2v) is 10.5. The van der Waals surface area contributed by atoms with Gasteiger partial charge in [-0.25, -0.2) is 0 Å². The number of benzene rings is 1. The third kappa shape index (κ3) is 3.00. The van der Waals surface area contributed by atoms with Crippen LogP contribution in [0.1, 0.15) is 80.8 Å². The van der Waals surface area contributed by atoms with E-state index in [-0.39, 0.29) is 9.20 Å². The number of alkyl halides is 1. The molecule has 1 aromatic carbocycles. The van der Waals surface area contributed by atoms with Gasteiger partial charge in [0.2, 0.25) is 0 Å². The van der Waals surface area contributed by atoms with Gasteiger partial charge in [-0.1, -0.05) is 54.5 Å². The molecule has 0 amide bonds. The second kappa shape index (κ2) is 6.79. The Kier molecular flexibility index (Phi) is 5.23. The van der Waals surface area contributed by atoms with Crippen LogP contribution in [0.15, 0.2) is 6.07 Å². The molecule has 2 bridgehead atoms. The van der Waals surface area contributed by atoms with E-state index in [9.17, 15) is 4.79 Å². The molecule has 1 unspecified atom stereocenters. The average molecular weight is 460 g/mol. The van der Waals surface area contributed by atoms with E-state index in [0.717, 1.165) is 30.4 Å². The Morgan fingerprint density at radius 1 is 1.46 bits per heavy atom. The topological polar surface area (TPSA) is 29.1 Å². The number of carbonyl (C=O) groups excluding carboxylic acids is 1. The van der Waals surface area contributed by atoms with Crippen LogP contribution in [0.2, 0.25) is 5.02 Å². The molecule has 2 nitrogen and oxygen atoms in total. The molecular formula is C20H27ClINO. The van der Waals surface area contributed by atoms with Crippen molar-refractivity contribution in [2.75, 3.05) is 5.32 Å². The maximum atomic E-state index is 12.3. The van der Waals surface area contributed by atoms with Gasteiger partial charge >= 0.3 is 0 Å². The predicted molar refractivity (Wildman–Crippen MR) is 111 cm³/mol. The van der Waals surface area contributed by atoms with E-state index in [2.05, 4.69) is 54.7 Å². The van der Waals surface area contributed by atoms with Gasteiger partial charge in [0.1, 0.15) is 0 Å². The van der Waals surface area contributed by atoms with Gasteiger partial charge < -0.3 is 5.32 Å². The summed E-state index contributed by atoms with van der Waals surface area (Å²) >= 11 is 9.52. The van der Waals surface area contributed by atoms with E-state index in [1.54, 1.807) is 6.92 Å². The molecule has 0 spiro atoms. The summed E-state index contributed by atoms with van der Waals surface area (Å²) in [5, 5.41) is 4.44. The number of hydrogen-bond donors (Lipinski definition) is 1. The number of hydrogen-bond acceptors (Lipinski definition) is 2. The number of carbonyl (C=O) groups is 1. The standard InChI is InChI=1S/C20H27ClINO/c1-5-6-13-9-16-18(19(21)17(13)12(3)24)15-10-14(23-16)8-7-11(2)20(15,4)22/h9,11,14-15,23H,5-8,10H2,1-4H3/t11-,14+,15-,20?/m0/s1. The fourth-order valence-corrected chi connectivity index (χ4v) is 5.85. The van der Waals surface area contributed by atoms with E-state index in [1.807, 2.05) is 0 Å². The zero-order chi connectivity index (χ0) is 17.6. The van der Waals surface area contributed by atoms with Crippen LogP contribution in [0.3, 0.4) is 0 Å². The lowest BCUT2D eigenvalue weighted by Gasteiger charge is -2.41. The Balaban J connectivity index is 2.22. The Morgan fingerprint density at radius 3 is 2.79 bits per heavy atom. The van der Waals surface area contributed by atoms with Crippen molar-refractivity contribution >= 4 is 45.7 Å². The first-order chi connectivity index (χ1) is 11.3. The van der Waals surface area contributed by atoms with Crippen molar-refractivity contribution in [2.45, 2.75) is 75.2 Å². The molecule has 132 valence electrons. The van der Waals surface area contributed by atoms with Gasteiger partial charge in [-0.05, 0) is 62.6 Å². The van der Waals surface area contributed by atoms with Gasteiger partial charge in [-0.15, -0.1) is 0 Å². The number of anilines is 1. The summed E-state index contributed by atoms with van der Waals surface area (Å²) in [6, 6.07) is 2.74. The highest BCUT2D eigenvalue weighted by Gasteiger charge is 2.46. The maximum Gasteiger partial charge on any atom is 0.161 e. The molecule has 0 radical (unpaired) electrons. The molecule has 1 saturated carbocycles. The van der Waals surface area contributed by atoms with Crippen LogP contribution < -0.4 is 5.32 Å². The van der Waals surface area contributed by atoms with Crippen LogP contribution in [0.5, 0.6) is 0 Å². The zero-order valence-corrected chi connectivity index (χ0v) is 17.9. The van der Waals surface area contributed by atoms with Crippen LogP contribution in [0.25, 0.3) is 0 Å². The predicted octanol–water partition coefficient (Wildman–Crippen LogP) is 6.39. The van der Waals surface area contributed by atoms with E-state index in [0.29, 0.717) is 22.9 Å². The molecule has 1 aromatic rings. The van der Waals surface area contributed by atoms with Crippen molar-refractivity contribution in [2.24, 2.45) is 5.92 Å². The summed E-state index contributed by atoms with van der Waals surface area (Å²) < 4.78 is 0.160. The molecule has 0 aromatic heterocycles. The molecule has 1 fully saturated rings. The van der Waals surface area contributed by atoms with E-state index in [1.165, 1.54) is 24.1 Å². The van der Waals surface area contributed by atoms with E-state index in [4.69, 9.17) is 11.6 Å². The minimum Gasteiger partial charge on any atom is -0.382 e. The highest BCUT2D eigenvalue weighted by atomic mass is 127. The number of ketones is 1. The quantitative estimate of drug-likeness (QED) is 0.322. The molecule has 0 saturated heterocycles. The molecule has 3 rings (SSSR count). The van der Waals surface area contributed by atoms with Crippen molar-refractivity contribution < 1.29 is 4.79 Å². The Morgan fingerprint density at radius 2 is 2.17 bits per heavy atom. The summed E-state index contributed by atoms with van der Waals surface area (Å²) in [4.78, 5) is 12.3. The SMILES string of the molecule is CCCc1cc2c(c(Cl)c1C(C)=O)[C@@H]1C[C@@H](CC[C@H](C)C1(C)I)N2. The van der Waals surface area contributed by atoms with Gasteiger partial charge in [-0.3, -0.25) is 4.79 Å². The largest absolute Gasteiger partial charge is 0.382 e. The van der Waals surface area contributed by atoms with Gasteiger partial charge in [0.05, 0.1) is 5.02 Å². The minimum absolute atomic E-state index is 0.0882. The van der Waals surface area contributed by atoms with Crippen molar-refractivity contribution in [1.82, 2.24) is 0 Å². The molecule has 4 heteroatoms. The third-order valence-electron chi connectivity index (χ3n) is 6.08. The minimum atomic E-state index is 0.0882. The fraction of sp³-hybridized carbons (Fsp3) is 0.650. The summed E-state index contributed by atoms with van der Waals surface area (Å²) in [5.41, 5.74) is 4.21. The summed E-state index contributed by atoms with van der Waals surface area (Å²) in [7, 11) is 0. The molecule has 2 aliphatic rings. The van der Waals surface area contributed by atoms with Gasteiger partial charge in [-0.2, -0.15) is 0 Å². The molecule has 1 aliphatic carbocycles. The molecule has 1 aliphatic heterocycles. The number of nitrogens with one attached hydrogen (secondary N) is 1. The second-order valence-electron chi connectivity index (χ2n) is 7.75. The highest BCUT2D eigenvalue weighted by molar-refractivity contribution is 14.1. The molecule has 1 heterocycles. The monoisotopic (exact) mass is 459 g/mol. The van der Waals surface area contributed by atoms with Crippen molar-refractivity contribution in [1.29, 1.82) is 0 Å². The molecule has 1 N–H and O–H groups in total. The third-order valence-corrected chi connectivity index (χ3v) is 8.29. The highest BCUT2D eigenvalue weighted by Crippen LogP contribution is 2.55.